The molecule has 2 N–H and O–H groups in total. The van der Waals surface area contributed by atoms with Crippen molar-refractivity contribution in [3.05, 3.63) is 0 Å². The second-order valence-electron chi connectivity index (χ2n) is 6.36. The normalized spacial score (nSPS) is 29.6. The van der Waals surface area contributed by atoms with E-state index in [1.54, 1.807) is 4.90 Å². The van der Waals surface area contributed by atoms with Crippen molar-refractivity contribution in [1.82, 2.24) is 10.2 Å². The van der Waals surface area contributed by atoms with Gasteiger partial charge in [0.05, 0.1) is 0 Å². The van der Waals surface area contributed by atoms with E-state index < -0.39 is 12.0 Å². The predicted octanol–water partition coefficient (Wildman–Crippen LogP) is 2.56. The molecule has 0 aliphatic carbocycles. The Morgan fingerprint density at radius 1 is 1.35 bits per heavy atom. The van der Waals surface area contributed by atoms with E-state index in [-0.39, 0.29) is 18.0 Å². The Morgan fingerprint density at radius 3 is 2.45 bits per heavy atom. The summed E-state index contributed by atoms with van der Waals surface area (Å²) in [6, 6.07) is -0.909. The molecule has 0 aromatic rings. The summed E-state index contributed by atoms with van der Waals surface area (Å²) in [5.41, 5.74) is 0. The molecule has 1 aliphatic rings. The smallest absolute Gasteiger partial charge is 0.326 e. The van der Waals surface area contributed by atoms with Crippen LogP contribution in [-0.2, 0) is 4.79 Å². The summed E-state index contributed by atoms with van der Waals surface area (Å²) >= 11 is 0. The number of nitrogens with one attached hydrogen (secondary N) is 1. The second-order valence-corrected chi connectivity index (χ2v) is 6.36. The maximum atomic E-state index is 12.4. The number of hydrogen-bond donors (Lipinski definition) is 2. The standard InChI is InChI=1S/C15H28N2O3/c1-6-10(3)13(14(18)19)16-15(20)17-8-9(2)7-11(4)12(17)5/h9-13H,6-8H2,1-5H3,(H,16,20)(H,18,19)/t9?,10?,11?,12?,13-/m0/s1. The molecule has 0 spiro atoms. The van der Waals surface area contributed by atoms with Gasteiger partial charge in [0, 0.05) is 12.6 Å². The van der Waals surface area contributed by atoms with Gasteiger partial charge in [-0.3, -0.25) is 0 Å². The number of carbonyl (C=O) groups excluding carboxylic acids is 1. The van der Waals surface area contributed by atoms with Crippen molar-refractivity contribution in [3.8, 4) is 0 Å². The van der Waals surface area contributed by atoms with Crippen molar-refractivity contribution < 1.29 is 14.7 Å². The highest BCUT2D eigenvalue weighted by Gasteiger charge is 2.34. The lowest BCUT2D eigenvalue weighted by atomic mass is 9.86. The van der Waals surface area contributed by atoms with Crippen LogP contribution in [0.1, 0.15) is 47.5 Å². The molecular weight excluding hydrogens is 256 g/mol. The first-order chi connectivity index (χ1) is 9.27. The summed E-state index contributed by atoms with van der Waals surface area (Å²) in [5, 5.41) is 12.0. The van der Waals surface area contributed by atoms with Gasteiger partial charge in [0.15, 0.2) is 0 Å². The molecule has 1 aliphatic heterocycles. The lowest BCUT2D eigenvalue weighted by Crippen LogP contribution is -2.56. The largest absolute Gasteiger partial charge is 0.480 e. The molecule has 1 rings (SSSR count). The van der Waals surface area contributed by atoms with Crippen molar-refractivity contribution in [2.75, 3.05) is 6.54 Å². The van der Waals surface area contributed by atoms with Crippen LogP contribution in [0.25, 0.3) is 0 Å². The minimum atomic E-state index is -0.960. The number of likely N-dealkylation sites (tertiary alicyclic amines) is 1. The zero-order valence-corrected chi connectivity index (χ0v) is 13.2. The van der Waals surface area contributed by atoms with Gasteiger partial charge in [-0.1, -0.05) is 34.1 Å². The molecule has 5 nitrogen and oxygen atoms in total. The minimum absolute atomic E-state index is 0.0774. The minimum Gasteiger partial charge on any atom is -0.480 e. The van der Waals surface area contributed by atoms with Crippen molar-refractivity contribution in [2.24, 2.45) is 17.8 Å². The fraction of sp³-hybridized carbons (Fsp3) is 0.867. The molecule has 0 aromatic heterocycles. The summed E-state index contributed by atoms with van der Waals surface area (Å²) in [5.74, 6) is -0.139. The number of amides is 2. The molecule has 20 heavy (non-hydrogen) atoms. The van der Waals surface area contributed by atoms with Gasteiger partial charge in [0.2, 0.25) is 0 Å². The van der Waals surface area contributed by atoms with Gasteiger partial charge in [-0.25, -0.2) is 9.59 Å². The lowest BCUT2D eigenvalue weighted by molar-refractivity contribution is -0.140. The molecule has 4 unspecified atom stereocenters. The highest BCUT2D eigenvalue weighted by atomic mass is 16.4. The Morgan fingerprint density at radius 2 is 1.95 bits per heavy atom. The molecule has 1 fully saturated rings. The molecule has 0 bridgehead atoms. The zero-order chi connectivity index (χ0) is 15.4. The van der Waals surface area contributed by atoms with Crippen LogP contribution in [0.2, 0.25) is 0 Å². The highest BCUT2D eigenvalue weighted by molar-refractivity contribution is 5.83. The van der Waals surface area contributed by atoms with Crippen LogP contribution in [0.15, 0.2) is 0 Å². The zero-order valence-electron chi connectivity index (χ0n) is 13.2. The maximum absolute atomic E-state index is 12.4. The van der Waals surface area contributed by atoms with Crippen LogP contribution in [0, 0.1) is 17.8 Å². The number of rotatable bonds is 4. The third kappa shape index (κ3) is 3.87. The van der Waals surface area contributed by atoms with Crippen molar-refractivity contribution >= 4 is 12.0 Å². The fourth-order valence-corrected chi connectivity index (χ4v) is 2.88. The van der Waals surface area contributed by atoms with Crippen LogP contribution >= 0.6 is 0 Å². The number of carbonyl (C=O) groups is 2. The molecule has 2 amide bonds. The summed E-state index contributed by atoms with van der Waals surface area (Å²) in [6.45, 7) is 10.8. The van der Waals surface area contributed by atoms with Gasteiger partial charge < -0.3 is 15.3 Å². The molecule has 0 aromatic carbocycles. The number of urea groups is 1. The Labute approximate surface area is 121 Å². The van der Waals surface area contributed by atoms with Crippen molar-refractivity contribution in [3.63, 3.8) is 0 Å². The van der Waals surface area contributed by atoms with Gasteiger partial charge in [-0.05, 0) is 31.1 Å². The van der Waals surface area contributed by atoms with E-state index >= 15 is 0 Å². The number of carboxylic acids is 1. The summed E-state index contributed by atoms with van der Waals surface area (Å²) in [6.07, 6.45) is 1.83. The molecule has 1 saturated heterocycles. The predicted molar refractivity (Wildman–Crippen MR) is 78.5 cm³/mol. The van der Waals surface area contributed by atoms with E-state index in [9.17, 15) is 14.7 Å². The molecule has 5 heteroatoms. The Balaban J connectivity index is 2.75. The van der Waals surface area contributed by atoms with Gasteiger partial charge >= 0.3 is 12.0 Å². The molecular formula is C15H28N2O3. The molecule has 1 heterocycles. The van der Waals surface area contributed by atoms with Gasteiger partial charge in [0.1, 0.15) is 6.04 Å². The molecule has 0 radical (unpaired) electrons. The van der Waals surface area contributed by atoms with Crippen LogP contribution in [0.5, 0.6) is 0 Å². The molecule has 5 atom stereocenters. The summed E-state index contributed by atoms with van der Waals surface area (Å²) in [4.78, 5) is 25.5. The Kier molecular flexibility index (Phi) is 5.84. The van der Waals surface area contributed by atoms with Crippen LogP contribution in [0.4, 0.5) is 4.79 Å². The van der Waals surface area contributed by atoms with E-state index in [2.05, 4.69) is 19.2 Å². The molecule has 116 valence electrons. The first kappa shape index (κ1) is 16.8. The number of carboxylic acid groups (broad SMARTS) is 1. The average Bonchev–Trinajstić information content (AvgIpc) is 2.38. The van der Waals surface area contributed by atoms with E-state index in [0.29, 0.717) is 18.4 Å². The second kappa shape index (κ2) is 6.95. The number of nitrogens with zero attached hydrogens (tertiary/aromatic N) is 1. The van der Waals surface area contributed by atoms with Gasteiger partial charge in [0.25, 0.3) is 0 Å². The third-order valence-corrected chi connectivity index (χ3v) is 4.62. The van der Waals surface area contributed by atoms with Crippen LogP contribution in [-0.4, -0.2) is 40.6 Å². The first-order valence-electron chi connectivity index (χ1n) is 7.57. The first-order valence-corrected chi connectivity index (χ1v) is 7.57. The fourth-order valence-electron chi connectivity index (χ4n) is 2.88. The Hall–Kier alpha value is -1.26. The quantitative estimate of drug-likeness (QED) is 0.833. The van der Waals surface area contributed by atoms with Crippen molar-refractivity contribution in [2.45, 2.75) is 59.5 Å². The average molecular weight is 284 g/mol. The topological polar surface area (TPSA) is 69.6 Å². The van der Waals surface area contributed by atoms with Gasteiger partial charge in [-0.2, -0.15) is 0 Å². The maximum Gasteiger partial charge on any atom is 0.326 e. The number of aliphatic carboxylic acids is 1. The number of piperidine rings is 1. The summed E-state index contributed by atoms with van der Waals surface area (Å²) < 4.78 is 0. The van der Waals surface area contributed by atoms with Gasteiger partial charge in [-0.15, -0.1) is 0 Å². The van der Waals surface area contributed by atoms with E-state index in [1.807, 2.05) is 20.8 Å². The summed E-state index contributed by atoms with van der Waals surface area (Å²) in [7, 11) is 0. The van der Waals surface area contributed by atoms with E-state index in [0.717, 1.165) is 12.8 Å². The monoisotopic (exact) mass is 284 g/mol. The third-order valence-electron chi connectivity index (χ3n) is 4.62. The Bertz CT molecular complexity index is 359. The van der Waals surface area contributed by atoms with Crippen LogP contribution < -0.4 is 5.32 Å². The lowest BCUT2D eigenvalue weighted by Gasteiger charge is -2.41. The SMILES string of the molecule is CCC(C)[C@H](NC(=O)N1CC(C)CC(C)C1C)C(=O)O. The number of hydrogen-bond acceptors (Lipinski definition) is 2. The highest BCUT2D eigenvalue weighted by Crippen LogP contribution is 2.27. The van der Waals surface area contributed by atoms with E-state index in [4.69, 9.17) is 0 Å². The van der Waals surface area contributed by atoms with Crippen LogP contribution in [0.3, 0.4) is 0 Å². The van der Waals surface area contributed by atoms with E-state index in [1.165, 1.54) is 0 Å². The van der Waals surface area contributed by atoms with Crippen molar-refractivity contribution in [1.29, 1.82) is 0 Å². The molecule has 0 saturated carbocycles.